The van der Waals surface area contributed by atoms with Gasteiger partial charge in [0.2, 0.25) is 5.82 Å². The van der Waals surface area contributed by atoms with E-state index in [4.69, 9.17) is 10.5 Å². The summed E-state index contributed by atoms with van der Waals surface area (Å²) in [5.74, 6) is -0.505. The Kier molecular flexibility index (Phi) is 7.31. The zero-order valence-corrected chi connectivity index (χ0v) is 16.4. The van der Waals surface area contributed by atoms with E-state index in [-0.39, 0.29) is 30.5 Å². The lowest BCUT2D eigenvalue weighted by atomic mass is 10.2. The summed E-state index contributed by atoms with van der Waals surface area (Å²) in [5, 5.41) is 11.4. The average Bonchev–Trinajstić information content (AvgIpc) is 2.51. The highest BCUT2D eigenvalue weighted by Gasteiger charge is 2.27. The second-order valence-corrected chi connectivity index (χ2v) is 12.5. The minimum absolute atomic E-state index is 0.00320. The van der Waals surface area contributed by atoms with E-state index in [9.17, 15) is 14.9 Å². The third kappa shape index (κ3) is 6.31. The predicted molar refractivity (Wildman–Crippen MR) is 98.4 cm³/mol. The summed E-state index contributed by atoms with van der Waals surface area (Å²) in [6.07, 6.45) is 1.34. The number of carbonyl (C=O) groups is 1. The van der Waals surface area contributed by atoms with Crippen LogP contribution in [0.15, 0.2) is 6.20 Å². The highest BCUT2D eigenvalue weighted by Crippen LogP contribution is 2.32. The Morgan fingerprint density at radius 3 is 2.60 bits per heavy atom. The first kappa shape index (κ1) is 20.8. The van der Waals surface area contributed by atoms with E-state index in [0.29, 0.717) is 12.2 Å². The number of carbonyl (C=O) groups excluding carboxylic acids is 1. The number of hydrogen-bond acceptors (Lipinski definition) is 8. The normalized spacial score (nSPS) is 11.2. The lowest BCUT2D eigenvalue weighted by Crippen LogP contribution is -2.35. The van der Waals surface area contributed by atoms with E-state index >= 15 is 0 Å². The van der Waals surface area contributed by atoms with Crippen LogP contribution in [-0.2, 0) is 14.3 Å². The van der Waals surface area contributed by atoms with E-state index in [1.807, 2.05) is 0 Å². The summed E-state index contributed by atoms with van der Waals surface area (Å²) < 4.78 is 10.3. The highest BCUT2D eigenvalue weighted by molar-refractivity contribution is 6.76. The molecule has 1 heterocycles. The van der Waals surface area contributed by atoms with E-state index in [2.05, 4.69) is 29.4 Å². The van der Waals surface area contributed by atoms with E-state index in [1.165, 1.54) is 18.2 Å². The van der Waals surface area contributed by atoms with Gasteiger partial charge in [0.1, 0.15) is 13.3 Å². The molecule has 0 aromatic carbocycles. The van der Waals surface area contributed by atoms with Gasteiger partial charge in [0.05, 0.1) is 29.5 Å². The lowest BCUT2D eigenvalue weighted by Gasteiger charge is -2.23. The van der Waals surface area contributed by atoms with Crippen molar-refractivity contribution in [1.82, 2.24) is 4.98 Å². The van der Waals surface area contributed by atoms with Crippen LogP contribution in [0, 0.1) is 17.0 Å². The monoisotopic (exact) mass is 370 g/mol. The van der Waals surface area contributed by atoms with Crippen LogP contribution in [0.1, 0.15) is 5.56 Å². The van der Waals surface area contributed by atoms with Gasteiger partial charge < -0.3 is 20.1 Å². The van der Waals surface area contributed by atoms with Crippen LogP contribution in [-0.4, -0.2) is 50.9 Å². The molecule has 1 rings (SSSR count). The molecule has 0 radical (unpaired) electrons. The number of nitrogen functional groups attached to an aromatic ring is 1. The highest BCUT2D eigenvalue weighted by atomic mass is 28.3. The molecule has 0 unspecified atom stereocenters. The SMILES string of the molecule is COC(=O)CN(COCC[Si](C)(C)C)c1ncc(N)c(C)c1[N+](=O)[O-]. The van der Waals surface area contributed by atoms with Gasteiger partial charge in [0.15, 0.2) is 0 Å². The average molecular weight is 370 g/mol. The molecule has 1 aromatic rings. The van der Waals surface area contributed by atoms with Gasteiger partial charge in [-0.3, -0.25) is 14.9 Å². The summed E-state index contributed by atoms with van der Waals surface area (Å²) in [4.78, 5) is 28.0. The molecule has 0 aliphatic rings. The standard InChI is InChI=1S/C15H26N4O5Si/c1-11-12(16)8-17-15(14(11)19(21)22)18(9-13(20)23-2)10-24-6-7-25(3,4)5/h8H,6-7,9-10,16H2,1-5H3. The zero-order valence-electron chi connectivity index (χ0n) is 15.4. The molecule has 10 heteroatoms. The number of nitrogens with zero attached hydrogens (tertiary/aromatic N) is 3. The smallest absolute Gasteiger partial charge is 0.325 e. The number of rotatable bonds is 9. The third-order valence-corrected chi connectivity index (χ3v) is 5.30. The van der Waals surface area contributed by atoms with Crippen molar-refractivity contribution in [3.63, 3.8) is 0 Å². The van der Waals surface area contributed by atoms with Crippen LogP contribution in [0.25, 0.3) is 0 Å². The Morgan fingerprint density at radius 2 is 2.08 bits per heavy atom. The number of esters is 1. The maximum Gasteiger partial charge on any atom is 0.325 e. The molecule has 0 saturated heterocycles. The molecule has 25 heavy (non-hydrogen) atoms. The Labute approximate surface area is 148 Å². The van der Waals surface area contributed by atoms with Crippen molar-refractivity contribution in [1.29, 1.82) is 0 Å². The van der Waals surface area contributed by atoms with Crippen LogP contribution in [0.4, 0.5) is 17.2 Å². The predicted octanol–water partition coefficient (Wildman–Crippen LogP) is 2.17. The van der Waals surface area contributed by atoms with Crippen molar-refractivity contribution in [3.8, 4) is 0 Å². The first-order valence-corrected chi connectivity index (χ1v) is 11.6. The number of methoxy groups -OCH3 is 1. The summed E-state index contributed by atoms with van der Waals surface area (Å²) in [7, 11) is -0.0155. The van der Waals surface area contributed by atoms with Gasteiger partial charge in [-0.1, -0.05) is 19.6 Å². The van der Waals surface area contributed by atoms with Crippen molar-refractivity contribution < 1.29 is 19.2 Å². The van der Waals surface area contributed by atoms with Crippen LogP contribution < -0.4 is 10.6 Å². The molecule has 0 aliphatic carbocycles. The molecular formula is C15H26N4O5Si. The largest absolute Gasteiger partial charge is 0.468 e. The van der Waals surface area contributed by atoms with E-state index < -0.39 is 19.0 Å². The van der Waals surface area contributed by atoms with Crippen LogP contribution in [0.2, 0.25) is 25.7 Å². The number of anilines is 2. The summed E-state index contributed by atoms with van der Waals surface area (Å²) >= 11 is 0. The van der Waals surface area contributed by atoms with Crippen molar-refractivity contribution in [2.24, 2.45) is 0 Å². The number of ether oxygens (including phenoxy) is 2. The summed E-state index contributed by atoms with van der Waals surface area (Å²) in [5.41, 5.74) is 6.00. The number of nitro groups is 1. The fourth-order valence-electron chi connectivity index (χ4n) is 2.00. The van der Waals surface area contributed by atoms with Gasteiger partial charge in [0, 0.05) is 14.7 Å². The minimum Gasteiger partial charge on any atom is -0.468 e. The topological polar surface area (TPSA) is 121 Å². The minimum atomic E-state index is -1.27. The summed E-state index contributed by atoms with van der Waals surface area (Å²) in [6, 6.07) is 0.940. The molecule has 0 amide bonds. The second-order valence-electron chi connectivity index (χ2n) is 6.89. The van der Waals surface area contributed by atoms with Crippen molar-refractivity contribution in [2.45, 2.75) is 32.6 Å². The molecule has 2 N–H and O–H groups in total. The quantitative estimate of drug-likeness (QED) is 0.175. The number of pyridine rings is 1. The Bertz CT molecular complexity index is 633. The number of nitrogens with two attached hydrogens (primary N) is 1. The van der Waals surface area contributed by atoms with Gasteiger partial charge >= 0.3 is 11.7 Å². The van der Waals surface area contributed by atoms with E-state index in [0.717, 1.165) is 6.04 Å². The maximum atomic E-state index is 11.7. The molecule has 9 nitrogen and oxygen atoms in total. The van der Waals surface area contributed by atoms with Gasteiger partial charge in [-0.15, -0.1) is 0 Å². The fourth-order valence-corrected chi connectivity index (χ4v) is 2.75. The molecular weight excluding hydrogens is 344 g/mol. The summed E-state index contributed by atoms with van der Waals surface area (Å²) in [6.45, 7) is 8.50. The molecule has 0 bridgehead atoms. The van der Waals surface area contributed by atoms with Crippen LogP contribution in [0.3, 0.4) is 0 Å². The first-order chi connectivity index (χ1) is 11.6. The molecule has 0 saturated carbocycles. The van der Waals surface area contributed by atoms with Gasteiger partial charge in [-0.2, -0.15) is 0 Å². The third-order valence-electron chi connectivity index (χ3n) is 3.60. The van der Waals surface area contributed by atoms with Crippen LogP contribution in [0.5, 0.6) is 0 Å². The molecule has 0 atom stereocenters. The molecule has 0 spiro atoms. The molecule has 1 aromatic heterocycles. The second kappa shape index (κ2) is 8.76. The first-order valence-electron chi connectivity index (χ1n) is 7.85. The van der Waals surface area contributed by atoms with Crippen molar-refractivity contribution >= 4 is 31.2 Å². The zero-order chi connectivity index (χ0) is 19.2. The van der Waals surface area contributed by atoms with Crippen LogP contribution >= 0.6 is 0 Å². The maximum absolute atomic E-state index is 11.7. The Morgan fingerprint density at radius 1 is 1.44 bits per heavy atom. The van der Waals surface area contributed by atoms with Gasteiger partial charge in [0.25, 0.3) is 0 Å². The fraction of sp³-hybridized carbons (Fsp3) is 0.600. The van der Waals surface area contributed by atoms with E-state index in [1.54, 1.807) is 6.92 Å². The lowest BCUT2D eigenvalue weighted by molar-refractivity contribution is -0.384. The van der Waals surface area contributed by atoms with Crippen molar-refractivity contribution in [2.75, 3.05) is 37.6 Å². The van der Waals surface area contributed by atoms with Crippen molar-refractivity contribution in [3.05, 3.63) is 21.9 Å². The number of aromatic nitrogens is 1. The number of hydrogen-bond donors (Lipinski definition) is 1. The molecule has 140 valence electrons. The van der Waals surface area contributed by atoms with Gasteiger partial charge in [-0.05, 0) is 13.0 Å². The Balaban J connectivity index is 3.06. The Hall–Kier alpha value is -2.20. The molecule has 0 fully saturated rings. The molecule has 0 aliphatic heterocycles. The van der Waals surface area contributed by atoms with Gasteiger partial charge in [-0.25, -0.2) is 4.98 Å².